The van der Waals surface area contributed by atoms with E-state index in [9.17, 15) is 0 Å². The molecule has 0 saturated heterocycles. The number of fused-ring (bicyclic) bond motifs is 2. The molecular weight excluding hydrogens is 897 g/mol. The molecule has 10 aromatic rings. The van der Waals surface area contributed by atoms with E-state index in [0.717, 1.165) is 12.8 Å². The topological polar surface area (TPSA) is 9.23 Å². The minimum absolute atomic E-state index is 0.155. The molecule has 0 aliphatic carbocycles. The fourth-order valence-corrected chi connectivity index (χ4v) is 14.7. The molecular formula is C71H69OSi. The first-order valence-corrected chi connectivity index (χ1v) is 27.5. The lowest BCUT2D eigenvalue weighted by atomic mass is 9.79. The Balaban J connectivity index is 1.37. The van der Waals surface area contributed by atoms with E-state index in [2.05, 4.69) is 252 Å². The van der Waals surface area contributed by atoms with Gasteiger partial charge in [0, 0.05) is 7.11 Å². The van der Waals surface area contributed by atoms with Gasteiger partial charge in [0.2, 0.25) is 0 Å². The summed E-state index contributed by atoms with van der Waals surface area (Å²) in [6.45, 7) is 25.4. The molecule has 0 saturated carbocycles. The first-order chi connectivity index (χ1) is 35.1. The molecule has 0 atom stereocenters. The zero-order valence-corrected chi connectivity index (χ0v) is 46.1. The van der Waals surface area contributed by atoms with Crippen LogP contribution in [0.1, 0.15) is 93.1 Å². The fraction of sp³-hybridized carbons (Fsp3) is 0.211. The van der Waals surface area contributed by atoms with Crippen molar-refractivity contribution >= 4 is 41.0 Å². The molecule has 73 heavy (non-hydrogen) atoms. The molecule has 0 N–H and O–H groups in total. The maximum atomic E-state index is 7.34. The Kier molecular flexibility index (Phi) is 13.6. The van der Waals surface area contributed by atoms with Gasteiger partial charge in [-0.2, -0.15) is 0 Å². The molecule has 1 nitrogen and oxygen atoms in total. The van der Waals surface area contributed by atoms with E-state index in [4.69, 9.17) is 4.43 Å². The predicted octanol–water partition coefficient (Wildman–Crippen LogP) is 17.4. The van der Waals surface area contributed by atoms with Crippen LogP contribution in [-0.4, -0.2) is 16.2 Å². The van der Waals surface area contributed by atoms with E-state index in [0.29, 0.717) is 0 Å². The van der Waals surface area contributed by atoms with Gasteiger partial charge in [0.1, 0.15) is 0 Å². The molecule has 0 unspecified atom stereocenters. The predicted molar refractivity (Wildman–Crippen MR) is 317 cm³/mol. The van der Waals surface area contributed by atoms with Crippen LogP contribution in [0.3, 0.4) is 0 Å². The van der Waals surface area contributed by atoms with Crippen LogP contribution in [0.4, 0.5) is 0 Å². The van der Waals surface area contributed by atoms with Gasteiger partial charge < -0.3 is 4.43 Å². The van der Waals surface area contributed by atoms with Crippen LogP contribution >= 0.6 is 0 Å². The van der Waals surface area contributed by atoms with Gasteiger partial charge in [-0.1, -0.05) is 191 Å². The summed E-state index contributed by atoms with van der Waals surface area (Å²) in [5.74, 6) is 0. The summed E-state index contributed by atoms with van der Waals surface area (Å²) in [6, 6.07) is 66.6. The monoisotopic (exact) mass is 966 g/mol. The molecule has 0 fully saturated rings. The summed E-state index contributed by atoms with van der Waals surface area (Å²) in [4.78, 5) is 0. The zero-order valence-electron chi connectivity index (χ0n) is 45.1. The quantitative estimate of drug-likeness (QED) is 0.0927. The Morgan fingerprint density at radius 2 is 0.658 bits per heavy atom. The van der Waals surface area contributed by atoms with Crippen molar-refractivity contribution < 1.29 is 4.43 Å². The van der Waals surface area contributed by atoms with E-state index in [1.165, 1.54) is 149 Å². The fourth-order valence-electron chi connectivity index (χ4n) is 12.2. The van der Waals surface area contributed by atoms with Gasteiger partial charge in [-0.05, 0) is 228 Å². The molecule has 0 heterocycles. The second kappa shape index (κ2) is 20.1. The second-order valence-corrected chi connectivity index (χ2v) is 23.8. The third kappa shape index (κ3) is 9.22. The number of hydrogen-bond acceptors (Lipinski definition) is 1. The summed E-state index contributed by atoms with van der Waals surface area (Å²) in [7, 11) is -0.0375. The molecule has 0 bridgehead atoms. The standard InChI is InChI=1S/C71H69OSi/c1-44-23-17-24-45(2)65(44)59-35-21-36-60(66-46(3)25-18-26-47(66)4)63(59)42-54-40-56(71(9,10)11)41-55(69(54)73(72-12)70-57-33-15-13-31-52(57)39-53-32-14-16-34-58(53)70)43-64-61(67-48(5)27-19-28-49(67)6)37-22-38-62(64)68-50(7)29-20-30-51(68)8/h13-41H,42-43H2,1-12H3. The third-order valence-electron chi connectivity index (χ3n) is 15.7. The smallest absolute Gasteiger partial charge is 0.284 e. The number of aryl methyl sites for hydroxylation is 8. The van der Waals surface area contributed by atoms with Gasteiger partial charge >= 0.3 is 0 Å². The van der Waals surface area contributed by atoms with E-state index in [1.54, 1.807) is 0 Å². The highest BCUT2D eigenvalue weighted by Crippen LogP contribution is 2.43. The number of benzene rings is 10. The van der Waals surface area contributed by atoms with E-state index in [-0.39, 0.29) is 5.41 Å². The van der Waals surface area contributed by atoms with Crippen LogP contribution in [0.15, 0.2) is 176 Å². The summed E-state index contributed by atoms with van der Waals surface area (Å²) >= 11 is 0. The lowest BCUT2D eigenvalue weighted by molar-refractivity contribution is 0.439. The average Bonchev–Trinajstić information content (AvgIpc) is 3.35. The maximum Gasteiger partial charge on any atom is 0.284 e. The van der Waals surface area contributed by atoms with Crippen molar-refractivity contribution in [1.29, 1.82) is 0 Å². The van der Waals surface area contributed by atoms with Gasteiger partial charge in [0.05, 0.1) is 0 Å². The van der Waals surface area contributed by atoms with Crippen LogP contribution < -0.4 is 10.4 Å². The lowest BCUT2D eigenvalue weighted by Gasteiger charge is -2.30. The third-order valence-corrected chi connectivity index (χ3v) is 18.2. The van der Waals surface area contributed by atoms with Crippen molar-refractivity contribution in [3.05, 3.63) is 248 Å². The van der Waals surface area contributed by atoms with E-state index in [1.807, 2.05) is 7.11 Å². The van der Waals surface area contributed by atoms with Crippen molar-refractivity contribution in [3.63, 3.8) is 0 Å². The van der Waals surface area contributed by atoms with Gasteiger partial charge in [-0.15, -0.1) is 0 Å². The van der Waals surface area contributed by atoms with Crippen molar-refractivity contribution in [2.24, 2.45) is 0 Å². The summed E-state index contributed by atoms with van der Waals surface area (Å²) in [6.07, 6.45) is 1.45. The van der Waals surface area contributed by atoms with E-state index >= 15 is 0 Å². The minimum Gasteiger partial charge on any atom is -0.411 e. The molecule has 0 spiro atoms. The molecule has 0 aromatic heterocycles. The first-order valence-electron chi connectivity index (χ1n) is 26.1. The molecule has 10 rings (SSSR count). The molecule has 2 heteroatoms. The molecule has 1 radical (unpaired) electrons. The highest BCUT2D eigenvalue weighted by molar-refractivity contribution is 6.84. The van der Waals surface area contributed by atoms with Crippen LogP contribution in [-0.2, 0) is 22.7 Å². The van der Waals surface area contributed by atoms with Gasteiger partial charge in [0.25, 0.3) is 9.04 Å². The minimum atomic E-state index is -2.02. The van der Waals surface area contributed by atoms with Crippen molar-refractivity contribution in [2.45, 2.75) is 94.4 Å². The number of rotatable bonds is 11. The Labute approximate surface area is 437 Å². The summed E-state index contributed by atoms with van der Waals surface area (Å²) in [5.41, 5.74) is 27.3. The normalized spacial score (nSPS) is 11.8. The van der Waals surface area contributed by atoms with Crippen molar-refractivity contribution in [2.75, 3.05) is 7.11 Å². The number of hydrogen-bond donors (Lipinski definition) is 0. The zero-order chi connectivity index (χ0) is 51.3. The van der Waals surface area contributed by atoms with Crippen molar-refractivity contribution in [3.8, 4) is 44.5 Å². The van der Waals surface area contributed by atoms with Gasteiger partial charge in [0.15, 0.2) is 0 Å². The Morgan fingerprint density at radius 3 is 0.959 bits per heavy atom. The second-order valence-electron chi connectivity index (χ2n) is 21.7. The molecule has 0 aliphatic rings. The SMILES string of the molecule is CO[Si](c1c(Cc2c(-c3c(C)cccc3C)cccc2-c2c(C)cccc2C)cc(C(C)(C)C)cc1Cc1c(-c2c(C)cccc2C)cccc1-c1c(C)cccc1C)c1c2ccccc2cc2ccccc12. The van der Waals surface area contributed by atoms with Crippen LogP contribution in [0.2, 0.25) is 0 Å². The Hall–Kier alpha value is -7.10. The Morgan fingerprint density at radius 1 is 0.356 bits per heavy atom. The highest BCUT2D eigenvalue weighted by Gasteiger charge is 2.33. The molecule has 363 valence electrons. The molecule has 10 aromatic carbocycles. The highest BCUT2D eigenvalue weighted by atomic mass is 28.3. The Bertz CT molecular complexity index is 3300. The summed E-state index contributed by atoms with van der Waals surface area (Å²) < 4.78 is 7.34. The van der Waals surface area contributed by atoms with Crippen LogP contribution in [0.5, 0.6) is 0 Å². The average molecular weight is 966 g/mol. The van der Waals surface area contributed by atoms with Crippen LogP contribution in [0.25, 0.3) is 66.1 Å². The molecule has 0 amide bonds. The first kappa shape index (κ1) is 49.5. The van der Waals surface area contributed by atoms with Gasteiger partial charge in [-0.3, -0.25) is 0 Å². The van der Waals surface area contributed by atoms with Crippen molar-refractivity contribution in [1.82, 2.24) is 0 Å². The van der Waals surface area contributed by atoms with Gasteiger partial charge in [-0.25, -0.2) is 0 Å². The summed E-state index contributed by atoms with van der Waals surface area (Å²) in [5, 5.41) is 7.64. The largest absolute Gasteiger partial charge is 0.411 e. The maximum absolute atomic E-state index is 7.34. The molecule has 0 aliphatic heterocycles. The lowest BCUT2D eigenvalue weighted by Crippen LogP contribution is -2.49. The van der Waals surface area contributed by atoms with Crippen LogP contribution in [0, 0.1) is 55.4 Å². The van der Waals surface area contributed by atoms with E-state index < -0.39 is 9.04 Å².